The lowest BCUT2D eigenvalue weighted by Gasteiger charge is -2.42. The first-order valence-corrected chi connectivity index (χ1v) is 7.78. The van der Waals surface area contributed by atoms with Crippen molar-refractivity contribution in [3.8, 4) is 0 Å². The molecule has 2 rings (SSSR count). The summed E-state index contributed by atoms with van der Waals surface area (Å²) in [6.45, 7) is 1.40. The van der Waals surface area contributed by atoms with E-state index in [-0.39, 0.29) is 0 Å². The molecule has 0 aromatic rings. The molecule has 130 valence electrons. The highest BCUT2D eigenvalue weighted by atomic mass is 32.1. The van der Waals surface area contributed by atoms with Crippen LogP contribution in [0.4, 0.5) is 0 Å². The van der Waals surface area contributed by atoms with Gasteiger partial charge in [-0.3, -0.25) is 0 Å². The van der Waals surface area contributed by atoms with Gasteiger partial charge in [0.15, 0.2) is 12.6 Å². The number of aliphatic hydroxyl groups excluding tert-OH is 4. The molecule has 22 heavy (non-hydrogen) atoms. The van der Waals surface area contributed by atoms with Crippen molar-refractivity contribution in [3.05, 3.63) is 0 Å². The minimum atomic E-state index is -1.34. The second-order valence-corrected chi connectivity index (χ2v) is 6.07. The van der Waals surface area contributed by atoms with Crippen molar-refractivity contribution >= 4 is 12.6 Å². The maximum absolute atomic E-state index is 10.2. The molecule has 0 unspecified atom stereocenters. The SMILES string of the molecule is CC[C@H]1O[C@H](O[C@@H]2[C@@H](OC)O[C@H](CO)[C@@H](O)[C@@H]2O)[C@H](S)[C@H]1O. The van der Waals surface area contributed by atoms with E-state index in [4.69, 9.17) is 24.1 Å². The highest BCUT2D eigenvalue weighted by molar-refractivity contribution is 7.81. The fourth-order valence-corrected chi connectivity index (χ4v) is 3.04. The zero-order chi connectivity index (χ0) is 16.4. The molecule has 2 heterocycles. The molecule has 0 aliphatic carbocycles. The smallest absolute Gasteiger partial charge is 0.186 e. The number of methoxy groups -OCH3 is 1. The fourth-order valence-electron chi connectivity index (χ4n) is 2.71. The lowest BCUT2D eigenvalue weighted by atomic mass is 9.99. The van der Waals surface area contributed by atoms with Gasteiger partial charge < -0.3 is 39.4 Å². The van der Waals surface area contributed by atoms with Gasteiger partial charge in [0.1, 0.15) is 24.4 Å². The van der Waals surface area contributed by atoms with Crippen LogP contribution >= 0.6 is 12.6 Å². The molecule has 0 spiro atoms. The van der Waals surface area contributed by atoms with E-state index in [0.717, 1.165) is 0 Å². The van der Waals surface area contributed by atoms with E-state index in [1.54, 1.807) is 0 Å². The molecule has 2 fully saturated rings. The molecule has 0 amide bonds. The lowest BCUT2D eigenvalue weighted by Crippen LogP contribution is -2.60. The van der Waals surface area contributed by atoms with Crippen LogP contribution < -0.4 is 0 Å². The summed E-state index contributed by atoms with van der Waals surface area (Å²) < 4.78 is 21.7. The molecule has 4 N–H and O–H groups in total. The fraction of sp³-hybridized carbons (Fsp3) is 1.00. The Bertz CT molecular complexity index is 357. The zero-order valence-corrected chi connectivity index (χ0v) is 13.4. The quantitative estimate of drug-likeness (QED) is 0.374. The van der Waals surface area contributed by atoms with Crippen LogP contribution in [-0.4, -0.2) is 88.6 Å². The maximum atomic E-state index is 10.2. The van der Waals surface area contributed by atoms with E-state index >= 15 is 0 Å². The Morgan fingerprint density at radius 2 is 1.64 bits per heavy atom. The third-order valence-corrected chi connectivity index (χ3v) is 4.62. The predicted octanol–water partition coefficient (Wildman–Crippen LogP) is -1.75. The van der Waals surface area contributed by atoms with Crippen molar-refractivity contribution in [1.82, 2.24) is 0 Å². The van der Waals surface area contributed by atoms with Gasteiger partial charge in [0.05, 0.1) is 24.1 Å². The molecule has 0 bridgehead atoms. The Morgan fingerprint density at radius 1 is 1.00 bits per heavy atom. The first-order valence-electron chi connectivity index (χ1n) is 7.26. The van der Waals surface area contributed by atoms with Crippen molar-refractivity contribution < 1.29 is 39.4 Å². The lowest BCUT2D eigenvalue weighted by molar-refractivity contribution is -0.326. The summed E-state index contributed by atoms with van der Waals surface area (Å²) in [5, 5.41) is 38.7. The molecular weight excluding hydrogens is 316 g/mol. The van der Waals surface area contributed by atoms with Gasteiger partial charge in [0.25, 0.3) is 0 Å². The maximum Gasteiger partial charge on any atom is 0.186 e. The van der Waals surface area contributed by atoms with E-state index in [0.29, 0.717) is 6.42 Å². The van der Waals surface area contributed by atoms with E-state index in [1.165, 1.54) is 7.11 Å². The van der Waals surface area contributed by atoms with Crippen LogP contribution in [0.2, 0.25) is 0 Å². The van der Waals surface area contributed by atoms with Gasteiger partial charge in [-0.15, -0.1) is 0 Å². The zero-order valence-electron chi connectivity index (χ0n) is 12.5. The van der Waals surface area contributed by atoms with E-state index in [2.05, 4.69) is 12.6 Å². The van der Waals surface area contributed by atoms with Crippen LogP contribution in [0.25, 0.3) is 0 Å². The van der Waals surface area contributed by atoms with Crippen LogP contribution in [0, 0.1) is 0 Å². The second kappa shape index (κ2) is 7.73. The molecule has 2 saturated heterocycles. The van der Waals surface area contributed by atoms with Gasteiger partial charge in [-0.1, -0.05) is 6.92 Å². The first-order chi connectivity index (χ1) is 10.4. The molecular formula is C13H24O8S. The minimum absolute atomic E-state index is 0.412. The molecule has 0 aromatic carbocycles. The summed E-state index contributed by atoms with van der Waals surface area (Å²) >= 11 is 4.28. The van der Waals surface area contributed by atoms with Gasteiger partial charge in [-0.2, -0.15) is 12.6 Å². The molecule has 0 radical (unpaired) electrons. The number of rotatable bonds is 5. The van der Waals surface area contributed by atoms with Gasteiger partial charge >= 0.3 is 0 Å². The molecule has 2 aliphatic rings. The van der Waals surface area contributed by atoms with E-state index in [9.17, 15) is 15.3 Å². The van der Waals surface area contributed by atoms with Gasteiger partial charge in [0.2, 0.25) is 0 Å². The van der Waals surface area contributed by atoms with Crippen molar-refractivity contribution in [2.24, 2.45) is 0 Å². The summed E-state index contributed by atoms with van der Waals surface area (Å²) in [6.07, 6.45) is -7.15. The largest absolute Gasteiger partial charge is 0.394 e. The average molecular weight is 340 g/mol. The predicted molar refractivity (Wildman–Crippen MR) is 77.4 cm³/mol. The van der Waals surface area contributed by atoms with Crippen LogP contribution in [-0.2, 0) is 18.9 Å². The van der Waals surface area contributed by atoms with Gasteiger partial charge in [0, 0.05) is 7.11 Å². The summed E-state index contributed by atoms with van der Waals surface area (Å²) in [5.74, 6) is 0. The highest BCUT2D eigenvalue weighted by Gasteiger charge is 2.49. The van der Waals surface area contributed by atoms with Crippen molar-refractivity contribution in [3.63, 3.8) is 0 Å². The Morgan fingerprint density at radius 3 is 2.14 bits per heavy atom. The van der Waals surface area contributed by atoms with Crippen LogP contribution in [0.15, 0.2) is 0 Å². The number of hydrogen-bond acceptors (Lipinski definition) is 9. The number of aliphatic hydroxyl groups is 4. The third-order valence-electron chi connectivity index (χ3n) is 4.07. The topological polar surface area (TPSA) is 118 Å². The third kappa shape index (κ3) is 3.42. The molecule has 2 aliphatic heterocycles. The normalized spacial score (nSPS) is 49.5. The summed E-state index contributed by atoms with van der Waals surface area (Å²) in [4.78, 5) is 0. The summed E-state index contributed by atoms with van der Waals surface area (Å²) in [6, 6.07) is 0. The standard InChI is InChI=1S/C13H24O8S/c1-3-5-8(16)11(22)13(19-5)21-10-9(17)7(15)6(4-14)20-12(10)18-2/h5-17,22H,3-4H2,1-2H3/t5-,6-,7-,8+,9+,10+,11-,12+,13-/m1/s1. The van der Waals surface area contributed by atoms with Crippen LogP contribution in [0.5, 0.6) is 0 Å². The Kier molecular flexibility index (Phi) is 6.46. The number of hydrogen-bond donors (Lipinski definition) is 5. The Balaban J connectivity index is 2.07. The minimum Gasteiger partial charge on any atom is -0.394 e. The van der Waals surface area contributed by atoms with Crippen molar-refractivity contribution in [1.29, 1.82) is 0 Å². The summed E-state index contributed by atoms with van der Waals surface area (Å²) in [5.41, 5.74) is 0. The number of ether oxygens (including phenoxy) is 4. The molecule has 0 aromatic heterocycles. The highest BCUT2D eigenvalue weighted by Crippen LogP contribution is 2.32. The monoisotopic (exact) mass is 340 g/mol. The molecule has 0 saturated carbocycles. The first kappa shape index (κ1) is 18.4. The Hall–Kier alpha value is 0.0300. The van der Waals surface area contributed by atoms with Crippen molar-refractivity contribution in [2.75, 3.05) is 13.7 Å². The Labute approximate surface area is 134 Å². The van der Waals surface area contributed by atoms with Crippen LogP contribution in [0.3, 0.4) is 0 Å². The van der Waals surface area contributed by atoms with E-state index in [1.807, 2.05) is 6.92 Å². The molecule has 9 heteroatoms. The second-order valence-electron chi connectivity index (χ2n) is 5.48. The molecule has 9 atom stereocenters. The van der Waals surface area contributed by atoms with Crippen LogP contribution in [0.1, 0.15) is 13.3 Å². The van der Waals surface area contributed by atoms with Gasteiger partial charge in [-0.25, -0.2) is 0 Å². The summed E-state index contributed by atoms with van der Waals surface area (Å²) in [7, 11) is 1.36. The average Bonchev–Trinajstić information content (AvgIpc) is 2.80. The molecule has 8 nitrogen and oxygen atoms in total. The number of thiol groups is 1. The van der Waals surface area contributed by atoms with Crippen molar-refractivity contribution in [2.45, 2.75) is 67.8 Å². The van der Waals surface area contributed by atoms with E-state index < -0.39 is 61.1 Å². The van der Waals surface area contributed by atoms with Gasteiger partial charge in [-0.05, 0) is 6.42 Å².